The van der Waals surface area contributed by atoms with Gasteiger partial charge in [-0.05, 0) is 42.8 Å². The van der Waals surface area contributed by atoms with Gasteiger partial charge in [0.25, 0.3) is 0 Å². The first-order valence-corrected chi connectivity index (χ1v) is 10.1. The highest BCUT2D eigenvalue weighted by Gasteiger charge is 2.37. The molecule has 20 heavy (non-hydrogen) atoms. The van der Waals surface area contributed by atoms with Crippen molar-refractivity contribution in [2.75, 3.05) is 6.61 Å². The van der Waals surface area contributed by atoms with Gasteiger partial charge in [-0.1, -0.05) is 32.9 Å². The second-order valence-electron chi connectivity index (χ2n) is 6.80. The monoisotopic (exact) mass is 296 g/mol. The van der Waals surface area contributed by atoms with Crippen LogP contribution >= 0.6 is 0 Å². The molecule has 1 rings (SSSR count). The maximum atomic E-state index is 9.00. The molecule has 4 heteroatoms. The van der Waals surface area contributed by atoms with Crippen molar-refractivity contribution in [2.24, 2.45) is 0 Å². The first kappa shape index (κ1) is 17.2. The largest absolute Gasteiger partial charge is 0.488 e. The average molecular weight is 296 g/mol. The van der Waals surface area contributed by atoms with Crippen LogP contribution in [0.1, 0.15) is 33.3 Å². The van der Waals surface area contributed by atoms with E-state index in [4.69, 9.17) is 14.3 Å². The second-order valence-corrected chi connectivity index (χ2v) is 11.6. The molecule has 0 aliphatic carbocycles. The highest BCUT2D eigenvalue weighted by Crippen LogP contribution is 2.36. The van der Waals surface area contributed by atoms with Gasteiger partial charge in [-0.3, -0.25) is 0 Å². The van der Waals surface area contributed by atoms with Crippen LogP contribution < -0.4 is 4.74 Å². The molecular formula is C16H28O3Si. The van der Waals surface area contributed by atoms with Crippen molar-refractivity contribution in [3.63, 3.8) is 0 Å². The minimum absolute atomic E-state index is 0.0177. The van der Waals surface area contributed by atoms with Crippen LogP contribution in [-0.2, 0) is 11.0 Å². The first-order valence-electron chi connectivity index (χ1n) is 7.16. The molecule has 0 bridgehead atoms. The van der Waals surface area contributed by atoms with Crippen LogP contribution in [0.2, 0.25) is 18.1 Å². The summed E-state index contributed by atoms with van der Waals surface area (Å²) in [7, 11) is -1.71. The Morgan fingerprint density at radius 3 is 2.15 bits per heavy atom. The van der Waals surface area contributed by atoms with Crippen LogP contribution in [-0.4, -0.2) is 26.1 Å². The highest BCUT2D eigenvalue weighted by molar-refractivity contribution is 6.74. The topological polar surface area (TPSA) is 38.7 Å². The van der Waals surface area contributed by atoms with Crippen molar-refractivity contribution in [3.8, 4) is 5.75 Å². The van der Waals surface area contributed by atoms with E-state index in [2.05, 4.69) is 33.9 Å². The highest BCUT2D eigenvalue weighted by atomic mass is 28.4. The Balaban J connectivity index is 2.49. The summed E-state index contributed by atoms with van der Waals surface area (Å²) in [4.78, 5) is 0. The van der Waals surface area contributed by atoms with Gasteiger partial charge in [0, 0.05) is 0 Å². The van der Waals surface area contributed by atoms with E-state index >= 15 is 0 Å². The first-order chi connectivity index (χ1) is 9.15. The Kier molecular flexibility index (Phi) is 5.80. The van der Waals surface area contributed by atoms with Gasteiger partial charge in [-0.25, -0.2) is 0 Å². The summed E-state index contributed by atoms with van der Waals surface area (Å²) < 4.78 is 12.0. The Morgan fingerprint density at radius 1 is 1.15 bits per heavy atom. The Hall–Kier alpha value is -0.843. The van der Waals surface area contributed by atoms with E-state index in [1.165, 1.54) is 0 Å². The van der Waals surface area contributed by atoms with E-state index in [0.717, 1.165) is 11.3 Å². The van der Waals surface area contributed by atoms with Crippen molar-refractivity contribution < 1.29 is 14.3 Å². The average Bonchev–Trinajstić information content (AvgIpc) is 2.36. The lowest BCUT2D eigenvalue weighted by Gasteiger charge is -2.36. The minimum atomic E-state index is -1.71. The molecule has 3 nitrogen and oxygen atoms in total. The van der Waals surface area contributed by atoms with E-state index in [0.29, 0.717) is 6.61 Å². The number of hydrogen-bond donors (Lipinski definition) is 1. The van der Waals surface area contributed by atoms with Gasteiger partial charge in [0.2, 0.25) is 0 Å². The van der Waals surface area contributed by atoms with Gasteiger partial charge in [0.1, 0.15) is 11.9 Å². The van der Waals surface area contributed by atoms with E-state index in [9.17, 15) is 0 Å². The summed E-state index contributed by atoms with van der Waals surface area (Å²) in [6.45, 7) is 13.9. The summed E-state index contributed by atoms with van der Waals surface area (Å²) in [5.41, 5.74) is 0.891. The van der Waals surface area contributed by atoms with Crippen molar-refractivity contribution in [1.29, 1.82) is 0 Å². The lowest BCUT2D eigenvalue weighted by Crippen LogP contribution is -2.43. The normalized spacial score (nSPS) is 14.2. The standard InChI is InChI=1S/C16H28O3Si/c1-13(12-18-20(5,6)16(2,3)4)19-15-9-7-14(11-17)8-10-15/h7-10,13,17H,11-12H2,1-6H3. The molecule has 0 amide bonds. The van der Waals surface area contributed by atoms with Gasteiger partial charge >= 0.3 is 0 Å². The zero-order chi connectivity index (χ0) is 15.4. The molecule has 1 N–H and O–H groups in total. The fourth-order valence-electron chi connectivity index (χ4n) is 1.48. The number of aliphatic hydroxyl groups excluding tert-OH is 1. The summed E-state index contributed by atoms with van der Waals surface area (Å²) in [5.74, 6) is 0.813. The quantitative estimate of drug-likeness (QED) is 0.807. The molecule has 0 saturated carbocycles. The lowest BCUT2D eigenvalue weighted by molar-refractivity contribution is 0.134. The molecule has 0 radical (unpaired) electrons. The smallest absolute Gasteiger partial charge is 0.192 e. The predicted octanol–water partition coefficient (Wildman–Crippen LogP) is 3.97. The van der Waals surface area contributed by atoms with Crippen LogP contribution in [0.25, 0.3) is 0 Å². The molecule has 114 valence electrons. The molecule has 1 aromatic rings. The fourth-order valence-corrected chi connectivity index (χ4v) is 2.57. The summed E-state index contributed by atoms with van der Waals surface area (Å²) in [6.07, 6.45) is 0.0177. The van der Waals surface area contributed by atoms with Gasteiger partial charge < -0.3 is 14.3 Å². The number of rotatable bonds is 6. The minimum Gasteiger partial charge on any atom is -0.488 e. The Labute approximate surface area is 124 Å². The van der Waals surface area contributed by atoms with Crippen molar-refractivity contribution in [2.45, 2.75) is 58.5 Å². The lowest BCUT2D eigenvalue weighted by atomic mass is 10.2. The number of aliphatic hydroxyl groups is 1. The molecular weight excluding hydrogens is 268 g/mol. The Morgan fingerprint density at radius 2 is 1.70 bits per heavy atom. The Bertz CT molecular complexity index is 407. The van der Waals surface area contributed by atoms with Crippen LogP contribution in [0.15, 0.2) is 24.3 Å². The number of ether oxygens (including phenoxy) is 1. The van der Waals surface area contributed by atoms with E-state index in [1.54, 1.807) is 0 Å². The molecule has 0 spiro atoms. The third kappa shape index (κ3) is 4.92. The summed E-state index contributed by atoms with van der Waals surface area (Å²) >= 11 is 0. The van der Waals surface area contributed by atoms with E-state index in [-0.39, 0.29) is 17.7 Å². The zero-order valence-corrected chi connectivity index (χ0v) is 14.6. The number of benzene rings is 1. The molecule has 0 heterocycles. The van der Waals surface area contributed by atoms with Gasteiger partial charge in [-0.2, -0.15) is 0 Å². The molecule has 1 unspecified atom stereocenters. The van der Waals surface area contributed by atoms with Gasteiger partial charge in [0.15, 0.2) is 8.32 Å². The van der Waals surface area contributed by atoms with Crippen LogP contribution in [0.4, 0.5) is 0 Å². The van der Waals surface area contributed by atoms with Gasteiger partial charge in [-0.15, -0.1) is 0 Å². The molecule has 0 aliphatic rings. The van der Waals surface area contributed by atoms with E-state index in [1.807, 2.05) is 31.2 Å². The maximum absolute atomic E-state index is 9.00. The second kappa shape index (κ2) is 6.74. The fraction of sp³-hybridized carbons (Fsp3) is 0.625. The van der Waals surface area contributed by atoms with E-state index < -0.39 is 8.32 Å². The molecule has 1 atom stereocenters. The molecule has 1 aromatic carbocycles. The zero-order valence-electron chi connectivity index (χ0n) is 13.6. The van der Waals surface area contributed by atoms with Crippen molar-refractivity contribution >= 4 is 8.32 Å². The number of hydrogen-bond acceptors (Lipinski definition) is 3. The molecule has 0 fully saturated rings. The third-order valence-electron chi connectivity index (χ3n) is 3.93. The summed E-state index contributed by atoms with van der Waals surface area (Å²) in [6, 6.07) is 7.51. The maximum Gasteiger partial charge on any atom is 0.192 e. The van der Waals surface area contributed by atoms with Crippen molar-refractivity contribution in [1.82, 2.24) is 0 Å². The molecule has 0 aromatic heterocycles. The molecule has 0 aliphatic heterocycles. The van der Waals surface area contributed by atoms with Gasteiger partial charge in [0.05, 0.1) is 13.2 Å². The summed E-state index contributed by atoms with van der Waals surface area (Å²) in [5, 5.41) is 9.22. The van der Waals surface area contributed by atoms with Crippen LogP contribution in [0.3, 0.4) is 0 Å². The van der Waals surface area contributed by atoms with Crippen LogP contribution in [0.5, 0.6) is 5.75 Å². The third-order valence-corrected chi connectivity index (χ3v) is 8.43. The SMILES string of the molecule is CC(CO[Si](C)(C)C(C)(C)C)Oc1ccc(CO)cc1. The van der Waals surface area contributed by atoms with Crippen molar-refractivity contribution in [3.05, 3.63) is 29.8 Å². The van der Waals surface area contributed by atoms with Crippen LogP contribution in [0, 0.1) is 0 Å². The predicted molar refractivity (Wildman–Crippen MR) is 85.6 cm³/mol. The molecule has 0 saturated heterocycles.